The van der Waals surface area contributed by atoms with Gasteiger partial charge in [-0.05, 0) is 31.1 Å². The van der Waals surface area contributed by atoms with Gasteiger partial charge in [0, 0.05) is 10.3 Å². The van der Waals surface area contributed by atoms with Crippen LogP contribution in [0.4, 0.5) is 0 Å². The van der Waals surface area contributed by atoms with E-state index in [1.54, 1.807) is 5.41 Å². The van der Waals surface area contributed by atoms with Gasteiger partial charge in [-0.3, -0.25) is 0 Å². The zero-order valence-corrected chi connectivity index (χ0v) is 9.80. The Morgan fingerprint density at radius 1 is 1.33 bits per heavy atom. The lowest BCUT2D eigenvalue weighted by atomic mass is 10.2. The minimum Gasteiger partial charge on any atom is -0.249 e. The zero-order chi connectivity index (χ0) is 10.9. The van der Waals surface area contributed by atoms with Gasteiger partial charge >= 0.3 is 0 Å². The van der Waals surface area contributed by atoms with Crippen molar-refractivity contribution in [3.63, 3.8) is 0 Å². The monoisotopic (exact) mass is 220 g/mol. The SMILES string of the molecule is CCCCC=C=CS(=O)c1ccccc1. The topological polar surface area (TPSA) is 17.1 Å². The molecule has 0 heterocycles. The van der Waals surface area contributed by atoms with Gasteiger partial charge in [-0.15, -0.1) is 5.73 Å². The standard InChI is InChI=1S/C13H16OS/c1-2-3-4-5-9-12-15(14)13-10-7-6-8-11-13/h5-8,10-12H,2-4H2,1H3. The summed E-state index contributed by atoms with van der Waals surface area (Å²) >= 11 is 0. The Hall–Kier alpha value is -1.11. The molecule has 1 aromatic rings. The summed E-state index contributed by atoms with van der Waals surface area (Å²) in [4.78, 5) is 0.828. The summed E-state index contributed by atoms with van der Waals surface area (Å²) < 4.78 is 11.7. The molecule has 0 spiro atoms. The molecule has 1 aromatic carbocycles. The van der Waals surface area contributed by atoms with E-state index in [0.29, 0.717) is 0 Å². The van der Waals surface area contributed by atoms with Gasteiger partial charge in [-0.1, -0.05) is 31.5 Å². The van der Waals surface area contributed by atoms with Crippen LogP contribution in [0.25, 0.3) is 0 Å². The molecule has 0 aliphatic carbocycles. The van der Waals surface area contributed by atoms with Crippen molar-refractivity contribution in [3.05, 3.63) is 47.5 Å². The summed E-state index contributed by atoms with van der Waals surface area (Å²) in [5.74, 6) is 0. The number of allylic oxidation sites excluding steroid dienone is 1. The van der Waals surface area contributed by atoms with Crippen LogP contribution in [0.3, 0.4) is 0 Å². The first-order chi connectivity index (χ1) is 7.34. The van der Waals surface area contributed by atoms with Crippen LogP contribution in [-0.2, 0) is 10.8 Å². The zero-order valence-electron chi connectivity index (χ0n) is 8.98. The highest BCUT2D eigenvalue weighted by Crippen LogP contribution is 2.05. The quantitative estimate of drug-likeness (QED) is 0.547. The molecule has 15 heavy (non-hydrogen) atoms. The van der Waals surface area contributed by atoms with E-state index < -0.39 is 10.8 Å². The Labute approximate surface area is 94.0 Å². The highest BCUT2D eigenvalue weighted by Gasteiger charge is 1.95. The molecule has 0 aliphatic heterocycles. The molecule has 1 unspecified atom stereocenters. The maximum Gasteiger partial charge on any atom is 0.0854 e. The molecular weight excluding hydrogens is 204 g/mol. The van der Waals surface area contributed by atoms with Crippen molar-refractivity contribution in [2.45, 2.75) is 31.1 Å². The van der Waals surface area contributed by atoms with Crippen molar-refractivity contribution in [2.75, 3.05) is 0 Å². The normalized spacial score (nSPS) is 11.5. The average molecular weight is 220 g/mol. The highest BCUT2D eigenvalue weighted by molar-refractivity contribution is 7.88. The Morgan fingerprint density at radius 2 is 2.07 bits per heavy atom. The molecule has 1 atom stereocenters. The Balaban J connectivity index is 2.53. The van der Waals surface area contributed by atoms with E-state index in [0.717, 1.165) is 11.3 Å². The predicted molar refractivity (Wildman–Crippen MR) is 65.0 cm³/mol. The lowest BCUT2D eigenvalue weighted by Crippen LogP contribution is -1.83. The van der Waals surface area contributed by atoms with E-state index in [1.165, 1.54) is 12.8 Å². The largest absolute Gasteiger partial charge is 0.249 e. The van der Waals surface area contributed by atoms with Crippen LogP contribution in [0.15, 0.2) is 52.4 Å². The van der Waals surface area contributed by atoms with Crippen LogP contribution in [0.1, 0.15) is 26.2 Å². The van der Waals surface area contributed by atoms with Gasteiger partial charge < -0.3 is 0 Å². The highest BCUT2D eigenvalue weighted by atomic mass is 32.2. The molecule has 1 rings (SSSR count). The minimum atomic E-state index is -1.06. The van der Waals surface area contributed by atoms with Crippen LogP contribution in [0, 0.1) is 0 Å². The smallest absolute Gasteiger partial charge is 0.0854 e. The fourth-order valence-electron chi connectivity index (χ4n) is 1.12. The van der Waals surface area contributed by atoms with Crippen LogP contribution in [-0.4, -0.2) is 4.21 Å². The van der Waals surface area contributed by atoms with E-state index in [9.17, 15) is 4.21 Å². The van der Waals surface area contributed by atoms with Crippen molar-refractivity contribution in [2.24, 2.45) is 0 Å². The maximum atomic E-state index is 11.7. The van der Waals surface area contributed by atoms with Crippen LogP contribution in [0.5, 0.6) is 0 Å². The molecule has 0 fully saturated rings. The van der Waals surface area contributed by atoms with Crippen LogP contribution < -0.4 is 0 Å². The van der Waals surface area contributed by atoms with Crippen molar-refractivity contribution >= 4 is 10.8 Å². The van der Waals surface area contributed by atoms with Gasteiger partial charge in [0.15, 0.2) is 0 Å². The summed E-state index contributed by atoms with van der Waals surface area (Å²) in [6, 6.07) is 9.42. The van der Waals surface area contributed by atoms with Gasteiger partial charge in [0.05, 0.1) is 10.8 Å². The van der Waals surface area contributed by atoms with Crippen LogP contribution in [0.2, 0.25) is 0 Å². The Kier molecular flexibility index (Phi) is 5.76. The van der Waals surface area contributed by atoms with Crippen molar-refractivity contribution in [1.29, 1.82) is 0 Å². The first-order valence-corrected chi connectivity index (χ1v) is 6.42. The van der Waals surface area contributed by atoms with E-state index in [4.69, 9.17) is 0 Å². The Morgan fingerprint density at radius 3 is 2.73 bits per heavy atom. The third kappa shape index (κ3) is 4.78. The van der Waals surface area contributed by atoms with Gasteiger partial charge in [-0.25, -0.2) is 4.21 Å². The maximum absolute atomic E-state index is 11.7. The average Bonchev–Trinajstić information content (AvgIpc) is 2.30. The molecule has 1 nitrogen and oxygen atoms in total. The predicted octanol–water partition coefficient (Wildman–Crippen LogP) is 3.65. The summed E-state index contributed by atoms with van der Waals surface area (Å²) in [7, 11) is -1.06. The molecule has 0 N–H and O–H groups in total. The number of rotatable bonds is 5. The van der Waals surface area contributed by atoms with E-state index in [1.807, 2.05) is 36.4 Å². The van der Waals surface area contributed by atoms with E-state index in [-0.39, 0.29) is 0 Å². The number of unbranched alkanes of at least 4 members (excludes halogenated alkanes) is 2. The van der Waals surface area contributed by atoms with Crippen molar-refractivity contribution in [1.82, 2.24) is 0 Å². The van der Waals surface area contributed by atoms with Crippen molar-refractivity contribution < 1.29 is 4.21 Å². The third-order valence-electron chi connectivity index (χ3n) is 1.97. The molecule has 0 bridgehead atoms. The van der Waals surface area contributed by atoms with E-state index in [2.05, 4.69) is 12.7 Å². The molecule has 2 heteroatoms. The summed E-state index contributed by atoms with van der Waals surface area (Å²) in [5.41, 5.74) is 2.97. The third-order valence-corrected chi connectivity index (χ3v) is 3.06. The second-order valence-electron chi connectivity index (χ2n) is 3.24. The van der Waals surface area contributed by atoms with Crippen molar-refractivity contribution in [3.8, 4) is 0 Å². The summed E-state index contributed by atoms with van der Waals surface area (Å²) in [5, 5.41) is 1.62. The molecule has 0 amide bonds. The molecule has 0 aliphatic rings. The summed E-state index contributed by atoms with van der Waals surface area (Å²) in [6.07, 6.45) is 5.31. The Bertz CT molecular complexity index is 361. The molecule has 0 radical (unpaired) electrons. The van der Waals surface area contributed by atoms with Gasteiger partial charge in [0.2, 0.25) is 0 Å². The summed E-state index contributed by atoms with van der Waals surface area (Å²) in [6.45, 7) is 2.15. The number of hydrogen-bond acceptors (Lipinski definition) is 1. The van der Waals surface area contributed by atoms with E-state index >= 15 is 0 Å². The second-order valence-corrected chi connectivity index (χ2v) is 4.54. The lowest BCUT2D eigenvalue weighted by Gasteiger charge is -1.92. The fourth-order valence-corrected chi connectivity index (χ4v) is 1.90. The fraction of sp³-hybridized carbons (Fsp3) is 0.308. The number of hydrogen-bond donors (Lipinski definition) is 0. The second kappa shape index (κ2) is 7.22. The van der Waals surface area contributed by atoms with Gasteiger partial charge in [0.1, 0.15) is 0 Å². The van der Waals surface area contributed by atoms with Gasteiger partial charge in [0.25, 0.3) is 0 Å². The molecular formula is C13H16OS. The van der Waals surface area contributed by atoms with Gasteiger partial charge in [-0.2, -0.15) is 0 Å². The molecule has 80 valence electrons. The lowest BCUT2D eigenvalue weighted by molar-refractivity contribution is 0.688. The molecule has 0 aromatic heterocycles. The molecule has 0 saturated heterocycles. The van der Waals surface area contributed by atoms with Crippen LogP contribution >= 0.6 is 0 Å². The first-order valence-electron chi connectivity index (χ1n) is 5.21. The first kappa shape index (κ1) is 12.0. The minimum absolute atomic E-state index is 0.828. The molecule has 0 saturated carbocycles. The number of benzene rings is 1.